The molecule has 0 bridgehead atoms. The number of benzene rings is 3. The number of imide groups is 2. The fraction of sp³-hybridized carbons (Fsp3) is 0.111. The average Bonchev–Trinajstić information content (AvgIpc) is 2.84. The van der Waals surface area contributed by atoms with Crippen LogP contribution in [-0.2, 0) is 14.4 Å². The van der Waals surface area contributed by atoms with Gasteiger partial charge in [0, 0.05) is 10.6 Å². The van der Waals surface area contributed by atoms with Crippen LogP contribution in [0, 0.1) is 19.7 Å². The lowest BCUT2D eigenvalue weighted by Crippen LogP contribution is -2.54. The molecule has 0 radical (unpaired) electrons. The first kappa shape index (κ1) is 25.6. The van der Waals surface area contributed by atoms with Crippen LogP contribution in [0.4, 0.5) is 20.6 Å². The van der Waals surface area contributed by atoms with Crippen LogP contribution in [0.1, 0.15) is 16.7 Å². The molecule has 0 spiro atoms. The summed E-state index contributed by atoms with van der Waals surface area (Å²) in [6.07, 6.45) is 1.23. The highest BCUT2D eigenvalue weighted by atomic mass is 35.5. The molecule has 3 aromatic carbocycles. The number of anilines is 2. The van der Waals surface area contributed by atoms with Gasteiger partial charge in [-0.05, 0) is 73.5 Å². The topological polar surface area (TPSA) is 105 Å². The molecule has 5 amide bonds. The Balaban J connectivity index is 1.60. The van der Waals surface area contributed by atoms with Crippen LogP contribution in [0.25, 0.3) is 6.08 Å². The summed E-state index contributed by atoms with van der Waals surface area (Å²) in [5.41, 5.74) is 2.02. The van der Waals surface area contributed by atoms with Crippen LogP contribution in [0.15, 0.2) is 66.2 Å². The molecule has 0 saturated carbocycles. The van der Waals surface area contributed by atoms with E-state index in [0.717, 1.165) is 16.0 Å². The van der Waals surface area contributed by atoms with Crippen molar-refractivity contribution in [1.29, 1.82) is 0 Å². The maximum atomic E-state index is 13.8. The second-order valence-electron chi connectivity index (χ2n) is 8.23. The Kier molecular flexibility index (Phi) is 7.35. The second-order valence-corrected chi connectivity index (χ2v) is 8.66. The predicted octanol–water partition coefficient (Wildman–Crippen LogP) is 4.78. The quantitative estimate of drug-likeness (QED) is 0.359. The molecule has 0 aromatic heterocycles. The van der Waals surface area contributed by atoms with Crippen molar-refractivity contribution in [3.63, 3.8) is 0 Å². The molecule has 0 atom stereocenters. The Morgan fingerprint density at radius 2 is 1.81 bits per heavy atom. The number of aryl methyl sites for hydroxylation is 2. The molecule has 1 heterocycles. The molecule has 1 fully saturated rings. The summed E-state index contributed by atoms with van der Waals surface area (Å²) in [6.45, 7) is 3.24. The van der Waals surface area contributed by atoms with Crippen molar-refractivity contribution in [3.8, 4) is 5.75 Å². The molecule has 37 heavy (non-hydrogen) atoms. The number of carbonyl (C=O) groups is 4. The van der Waals surface area contributed by atoms with E-state index < -0.39 is 36.2 Å². The minimum Gasteiger partial charge on any atom is -0.483 e. The van der Waals surface area contributed by atoms with E-state index in [0.29, 0.717) is 5.69 Å². The first-order chi connectivity index (χ1) is 17.6. The van der Waals surface area contributed by atoms with Crippen molar-refractivity contribution in [3.05, 3.63) is 93.8 Å². The minimum absolute atomic E-state index is 0.00452. The van der Waals surface area contributed by atoms with Crippen LogP contribution < -0.4 is 20.3 Å². The molecule has 4 rings (SSSR count). The number of para-hydroxylation sites is 1. The third-order valence-electron chi connectivity index (χ3n) is 5.63. The number of hydrogen-bond acceptors (Lipinski definition) is 5. The summed E-state index contributed by atoms with van der Waals surface area (Å²) in [7, 11) is 0. The van der Waals surface area contributed by atoms with E-state index in [-0.39, 0.29) is 27.6 Å². The predicted molar refractivity (Wildman–Crippen MR) is 137 cm³/mol. The van der Waals surface area contributed by atoms with Crippen LogP contribution in [-0.4, -0.2) is 30.4 Å². The fourth-order valence-electron chi connectivity index (χ4n) is 3.57. The van der Waals surface area contributed by atoms with E-state index in [1.807, 2.05) is 13.8 Å². The number of hydrogen-bond donors (Lipinski definition) is 2. The molecule has 2 N–H and O–H groups in total. The highest BCUT2D eigenvalue weighted by Gasteiger charge is 2.37. The average molecular weight is 522 g/mol. The number of urea groups is 1. The Hall–Kier alpha value is -4.50. The molecule has 10 heteroatoms. The molecule has 0 unspecified atom stereocenters. The molecule has 3 aromatic rings. The lowest BCUT2D eigenvalue weighted by atomic mass is 10.0. The number of carbonyl (C=O) groups excluding carboxylic acids is 4. The lowest BCUT2D eigenvalue weighted by Gasteiger charge is -2.27. The molecule has 1 saturated heterocycles. The van der Waals surface area contributed by atoms with Gasteiger partial charge in [-0.15, -0.1) is 0 Å². The molecular weight excluding hydrogens is 501 g/mol. The summed E-state index contributed by atoms with van der Waals surface area (Å²) in [6, 6.07) is 14.2. The van der Waals surface area contributed by atoms with Crippen molar-refractivity contribution in [2.45, 2.75) is 13.8 Å². The summed E-state index contributed by atoms with van der Waals surface area (Å²) in [5, 5.41) is 4.84. The third kappa shape index (κ3) is 5.68. The molecule has 188 valence electrons. The van der Waals surface area contributed by atoms with Crippen molar-refractivity contribution in [1.82, 2.24) is 5.32 Å². The lowest BCUT2D eigenvalue weighted by molar-refractivity contribution is -0.122. The number of barbiturate groups is 1. The van der Waals surface area contributed by atoms with E-state index in [2.05, 4.69) is 10.6 Å². The maximum absolute atomic E-state index is 13.8. The Labute approximate surface area is 216 Å². The molecular formula is C27H21ClFN3O5. The molecule has 1 aliphatic rings. The van der Waals surface area contributed by atoms with E-state index in [4.69, 9.17) is 16.3 Å². The highest BCUT2D eigenvalue weighted by molar-refractivity contribution is 6.39. The number of amides is 5. The van der Waals surface area contributed by atoms with E-state index in [1.165, 1.54) is 42.5 Å². The largest absolute Gasteiger partial charge is 0.483 e. The highest BCUT2D eigenvalue weighted by Crippen LogP contribution is 2.28. The van der Waals surface area contributed by atoms with Gasteiger partial charge in [-0.2, -0.15) is 0 Å². The summed E-state index contributed by atoms with van der Waals surface area (Å²) in [4.78, 5) is 51.5. The standard InChI is InChI=1S/C27H21ClFN3O5/c1-15-7-9-19(11-16(15)2)32-26(35)20(25(34)31-27(32)36)13-17-12-18(28)8-10-23(17)37-14-24(33)30-22-6-4-3-5-21(22)29/h3-13H,14H2,1-2H3,(H,30,33)(H,31,34,36)/b20-13-. The summed E-state index contributed by atoms with van der Waals surface area (Å²) >= 11 is 6.12. The van der Waals surface area contributed by atoms with Gasteiger partial charge in [0.05, 0.1) is 11.4 Å². The number of halogens is 2. The van der Waals surface area contributed by atoms with E-state index in [9.17, 15) is 23.6 Å². The fourth-order valence-corrected chi connectivity index (χ4v) is 3.75. The van der Waals surface area contributed by atoms with E-state index >= 15 is 0 Å². The van der Waals surface area contributed by atoms with E-state index in [1.54, 1.807) is 24.3 Å². The third-order valence-corrected chi connectivity index (χ3v) is 5.86. The van der Waals surface area contributed by atoms with Gasteiger partial charge in [-0.1, -0.05) is 29.8 Å². The maximum Gasteiger partial charge on any atom is 0.335 e. The van der Waals surface area contributed by atoms with Gasteiger partial charge >= 0.3 is 6.03 Å². The van der Waals surface area contributed by atoms with Crippen LogP contribution in [0.5, 0.6) is 5.75 Å². The Bertz CT molecular complexity index is 1470. The first-order valence-electron chi connectivity index (χ1n) is 11.1. The Morgan fingerprint density at radius 3 is 2.54 bits per heavy atom. The van der Waals surface area contributed by atoms with Crippen molar-refractivity contribution in [2.24, 2.45) is 0 Å². The Morgan fingerprint density at radius 1 is 1.05 bits per heavy atom. The smallest absolute Gasteiger partial charge is 0.335 e. The van der Waals surface area contributed by atoms with Crippen molar-refractivity contribution in [2.75, 3.05) is 16.8 Å². The second kappa shape index (κ2) is 10.6. The van der Waals surface area contributed by atoms with Gasteiger partial charge in [0.2, 0.25) is 0 Å². The monoisotopic (exact) mass is 521 g/mol. The van der Waals surface area contributed by atoms with Gasteiger partial charge in [0.25, 0.3) is 17.7 Å². The van der Waals surface area contributed by atoms with Gasteiger partial charge in [-0.25, -0.2) is 14.1 Å². The van der Waals surface area contributed by atoms with Gasteiger partial charge in [0.1, 0.15) is 17.1 Å². The molecule has 1 aliphatic heterocycles. The number of nitrogens with zero attached hydrogens (tertiary/aromatic N) is 1. The number of ether oxygens (including phenoxy) is 1. The zero-order valence-electron chi connectivity index (χ0n) is 19.8. The van der Waals surface area contributed by atoms with Crippen LogP contribution in [0.2, 0.25) is 5.02 Å². The zero-order chi connectivity index (χ0) is 26.7. The normalized spacial score (nSPS) is 14.5. The van der Waals surface area contributed by atoms with Gasteiger partial charge < -0.3 is 10.1 Å². The SMILES string of the molecule is Cc1ccc(N2C(=O)NC(=O)/C(=C/c3cc(Cl)ccc3OCC(=O)Nc3ccccc3F)C2=O)cc1C. The van der Waals surface area contributed by atoms with Crippen molar-refractivity contribution >= 4 is 52.8 Å². The first-order valence-corrected chi connectivity index (χ1v) is 11.5. The van der Waals surface area contributed by atoms with Gasteiger partial charge in [-0.3, -0.25) is 19.7 Å². The number of nitrogens with one attached hydrogen (secondary N) is 2. The van der Waals surface area contributed by atoms with Crippen molar-refractivity contribution < 1.29 is 28.3 Å². The number of rotatable bonds is 6. The molecule has 0 aliphatic carbocycles. The summed E-state index contributed by atoms with van der Waals surface area (Å²) in [5.74, 6) is -2.82. The van der Waals surface area contributed by atoms with Crippen LogP contribution >= 0.6 is 11.6 Å². The minimum atomic E-state index is -0.890. The van der Waals surface area contributed by atoms with Crippen LogP contribution in [0.3, 0.4) is 0 Å². The zero-order valence-corrected chi connectivity index (χ0v) is 20.6. The van der Waals surface area contributed by atoms with Gasteiger partial charge in [0.15, 0.2) is 6.61 Å². The summed E-state index contributed by atoms with van der Waals surface area (Å²) < 4.78 is 19.4. The molecule has 8 nitrogen and oxygen atoms in total.